The van der Waals surface area contributed by atoms with Crippen molar-refractivity contribution in [3.8, 4) is 11.4 Å². The molecule has 2 aliphatic carbocycles. The summed E-state index contributed by atoms with van der Waals surface area (Å²) in [5, 5.41) is 0.920. The molecular formula is C31H38N2O4. The van der Waals surface area contributed by atoms with Gasteiger partial charge in [-0.1, -0.05) is 13.0 Å². The van der Waals surface area contributed by atoms with E-state index in [1.165, 1.54) is 5.56 Å². The SMILES string of the molecule is CC(C)(C)OC(=O)n1c(-c2cc(C3(C)CC3)ccn2)cc2cc(CC3(C(=O)OC(C)(C)C)CC3)ccc21. The largest absolute Gasteiger partial charge is 0.460 e. The van der Waals surface area contributed by atoms with Gasteiger partial charge in [0.05, 0.1) is 22.3 Å². The van der Waals surface area contributed by atoms with Crippen LogP contribution in [0.2, 0.25) is 0 Å². The second-order valence-electron chi connectivity index (χ2n) is 13.2. The normalized spacial score (nSPS) is 17.9. The molecule has 2 saturated carbocycles. The molecule has 0 spiro atoms. The predicted octanol–water partition coefficient (Wildman–Crippen LogP) is 7.20. The number of ether oxygens (including phenoxy) is 2. The number of aromatic nitrogens is 2. The van der Waals surface area contributed by atoms with Gasteiger partial charge < -0.3 is 9.47 Å². The minimum atomic E-state index is -0.632. The molecule has 2 fully saturated rings. The molecule has 0 radical (unpaired) electrons. The fraction of sp³-hybridized carbons (Fsp3) is 0.516. The molecule has 0 bridgehead atoms. The second kappa shape index (κ2) is 8.44. The lowest BCUT2D eigenvalue weighted by molar-refractivity contribution is -0.161. The Kier molecular flexibility index (Phi) is 5.81. The van der Waals surface area contributed by atoms with E-state index >= 15 is 0 Å². The lowest BCUT2D eigenvalue weighted by Crippen LogP contribution is -2.30. The molecule has 5 rings (SSSR count). The Balaban J connectivity index is 1.54. The van der Waals surface area contributed by atoms with Gasteiger partial charge in [-0.15, -0.1) is 0 Å². The summed E-state index contributed by atoms with van der Waals surface area (Å²) in [4.78, 5) is 31.0. The van der Waals surface area contributed by atoms with Crippen molar-refractivity contribution in [2.75, 3.05) is 0 Å². The average molecular weight is 503 g/mol. The van der Waals surface area contributed by atoms with Gasteiger partial charge in [0.15, 0.2) is 0 Å². The Labute approximate surface area is 219 Å². The lowest BCUT2D eigenvalue weighted by Gasteiger charge is -2.24. The van der Waals surface area contributed by atoms with Crippen LogP contribution in [0.15, 0.2) is 42.6 Å². The highest BCUT2D eigenvalue weighted by Crippen LogP contribution is 2.50. The first-order valence-corrected chi connectivity index (χ1v) is 13.3. The first kappa shape index (κ1) is 25.5. The number of carbonyl (C=O) groups excluding carboxylic acids is 2. The molecule has 0 N–H and O–H groups in total. The van der Waals surface area contributed by atoms with E-state index in [4.69, 9.17) is 9.47 Å². The molecule has 6 nitrogen and oxygen atoms in total. The van der Waals surface area contributed by atoms with Gasteiger partial charge in [-0.3, -0.25) is 9.78 Å². The molecule has 196 valence electrons. The van der Waals surface area contributed by atoms with Crippen LogP contribution in [0.3, 0.4) is 0 Å². The fourth-order valence-corrected chi connectivity index (χ4v) is 4.87. The van der Waals surface area contributed by atoms with Crippen molar-refractivity contribution < 1.29 is 19.1 Å². The zero-order chi connectivity index (χ0) is 26.8. The fourth-order valence-electron chi connectivity index (χ4n) is 4.87. The minimum absolute atomic E-state index is 0.123. The number of rotatable bonds is 5. The number of hydrogen-bond acceptors (Lipinski definition) is 5. The van der Waals surface area contributed by atoms with Crippen LogP contribution >= 0.6 is 0 Å². The highest BCUT2D eigenvalue weighted by atomic mass is 16.6. The predicted molar refractivity (Wildman–Crippen MR) is 145 cm³/mol. The van der Waals surface area contributed by atoms with E-state index in [1.807, 2.05) is 65.9 Å². The number of pyridine rings is 1. The van der Waals surface area contributed by atoms with Crippen LogP contribution in [-0.2, 0) is 26.1 Å². The molecule has 0 amide bonds. The highest BCUT2D eigenvalue weighted by Gasteiger charge is 2.52. The summed E-state index contributed by atoms with van der Waals surface area (Å²) in [6, 6.07) is 12.2. The Morgan fingerprint density at radius 3 is 2.19 bits per heavy atom. The average Bonchev–Trinajstić information content (AvgIpc) is 3.69. The lowest BCUT2D eigenvalue weighted by atomic mass is 9.95. The molecule has 1 aromatic carbocycles. The molecule has 2 aliphatic rings. The van der Waals surface area contributed by atoms with Crippen LogP contribution in [0.5, 0.6) is 0 Å². The van der Waals surface area contributed by atoms with Crippen LogP contribution in [0.4, 0.5) is 4.79 Å². The molecule has 0 aliphatic heterocycles. The minimum Gasteiger partial charge on any atom is -0.460 e. The first-order valence-electron chi connectivity index (χ1n) is 13.3. The van der Waals surface area contributed by atoms with E-state index in [0.29, 0.717) is 12.1 Å². The van der Waals surface area contributed by atoms with Crippen molar-refractivity contribution in [1.29, 1.82) is 0 Å². The first-order chi connectivity index (χ1) is 17.2. The highest BCUT2D eigenvalue weighted by molar-refractivity contribution is 5.96. The summed E-state index contributed by atoms with van der Waals surface area (Å²) in [5.74, 6) is -0.123. The quantitative estimate of drug-likeness (QED) is 0.345. The Bertz CT molecular complexity index is 1380. The van der Waals surface area contributed by atoms with Crippen molar-refractivity contribution in [2.45, 2.75) is 97.2 Å². The number of benzene rings is 1. The molecule has 2 aromatic heterocycles. The second-order valence-corrected chi connectivity index (χ2v) is 13.2. The van der Waals surface area contributed by atoms with Gasteiger partial charge in [-0.2, -0.15) is 0 Å². The number of nitrogens with zero attached hydrogens (tertiary/aromatic N) is 2. The summed E-state index contributed by atoms with van der Waals surface area (Å²) in [6.07, 6.45) is 6.01. The molecule has 6 heteroatoms. The van der Waals surface area contributed by atoms with Gasteiger partial charge in [0.1, 0.15) is 11.2 Å². The van der Waals surface area contributed by atoms with Gasteiger partial charge >= 0.3 is 12.1 Å². The monoisotopic (exact) mass is 502 g/mol. The summed E-state index contributed by atoms with van der Waals surface area (Å²) >= 11 is 0. The van der Waals surface area contributed by atoms with E-state index in [0.717, 1.165) is 47.8 Å². The summed E-state index contributed by atoms with van der Waals surface area (Å²) in [5.41, 5.74) is 3.12. The van der Waals surface area contributed by atoms with Crippen LogP contribution < -0.4 is 0 Å². The standard InChI is InChI=1S/C31H38N2O4/c1-28(2,3)36-26(34)31(13-14-31)19-20-8-9-24-21(16-20)17-25(33(24)27(35)37-29(4,5)6)23-18-22(10-15-32-23)30(7)11-12-30/h8-10,15-18H,11-14,19H2,1-7H3. The molecule has 37 heavy (non-hydrogen) atoms. The third kappa shape index (κ3) is 5.29. The van der Waals surface area contributed by atoms with E-state index in [-0.39, 0.29) is 11.4 Å². The van der Waals surface area contributed by atoms with Gasteiger partial charge in [0.25, 0.3) is 0 Å². The van der Waals surface area contributed by atoms with Gasteiger partial charge in [-0.25, -0.2) is 9.36 Å². The zero-order valence-electron chi connectivity index (χ0n) is 23.1. The zero-order valence-corrected chi connectivity index (χ0v) is 23.1. The smallest absolute Gasteiger partial charge is 0.419 e. The van der Waals surface area contributed by atoms with Crippen LogP contribution in [-0.4, -0.2) is 32.8 Å². The summed E-state index contributed by atoms with van der Waals surface area (Å²) < 4.78 is 13.1. The van der Waals surface area contributed by atoms with Gasteiger partial charge in [0.2, 0.25) is 0 Å². The molecular weight excluding hydrogens is 464 g/mol. The van der Waals surface area contributed by atoms with E-state index in [2.05, 4.69) is 30.1 Å². The number of esters is 1. The third-order valence-corrected chi connectivity index (χ3v) is 7.39. The number of fused-ring (bicyclic) bond motifs is 1. The van der Waals surface area contributed by atoms with Crippen LogP contribution in [0, 0.1) is 5.41 Å². The van der Waals surface area contributed by atoms with Gasteiger partial charge in [-0.05, 0) is 121 Å². The maximum Gasteiger partial charge on any atom is 0.419 e. The third-order valence-electron chi connectivity index (χ3n) is 7.39. The van der Waals surface area contributed by atoms with Crippen LogP contribution in [0.1, 0.15) is 85.3 Å². The molecule has 2 heterocycles. The molecule has 0 saturated heterocycles. The van der Waals surface area contributed by atoms with Crippen molar-refractivity contribution in [2.24, 2.45) is 5.41 Å². The topological polar surface area (TPSA) is 70.4 Å². The van der Waals surface area contributed by atoms with Crippen molar-refractivity contribution >= 4 is 23.0 Å². The number of hydrogen-bond donors (Lipinski definition) is 0. The molecule has 3 aromatic rings. The Hall–Kier alpha value is -3.15. The molecule has 0 unspecified atom stereocenters. The Morgan fingerprint density at radius 1 is 0.919 bits per heavy atom. The van der Waals surface area contributed by atoms with E-state index < -0.39 is 22.7 Å². The van der Waals surface area contributed by atoms with E-state index in [9.17, 15) is 9.59 Å². The summed E-state index contributed by atoms with van der Waals surface area (Å²) in [6.45, 7) is 13.6. The molecule has 0 atom stereocenters. The van der Waals surface area contributed by atoms with Crippen LogP contribution in [0.25, 0.3) is 22.3 Å². The van der Waals surface area contributed by atoms with Crippen molar-refractivity contribution in [3.05, 3.63) is 53.7 Å². The Morgan fingerprint density at radius 2 is 1.59 bits per heavy atom. The van der Waals surface area contributed by atoms with Crippen molar-refractivity contribution in [1.82, 2.24) is 9.55 Å². The summed E-state index contributed by atoms with van der Waals surface area (Å²) in [7, 11) is 0. The maximum absolute atomic E-state index is 13.4. The van der Waals surface area contributed by atoms with Crippen molar-refractivity contribution in [3.63, 3.8) is 0 Å². The number of carbonyl (C=O) groups is 2. The van der Waals surface area contributed by atoms with E-state index in [1.54, 1.807) is 4.57 Å². The maximum atomic E-state index is 13.4. The van der Waals surface area contributed by atoms with Gasteiger partial charge in [0, 0.05) is 11.6 Å².